The van der Waals surface area contributed by atoms with Crippen LogP contribution in [0, 0.1) is 0 Å². The quantitative estimate of drug-likeness (QED) is 0.777. The maximum atomic E-state index is 5.77. The third kappa shape index (κ3) is 3.93. The molecular formula is C10H16ClN3O. The van der Waals surface area contributed by atoms with Crippen LogP contribution in [0.15, 0.2) is 12.1 Å². The fourth-order valence-corrected chi connectivity index (χ4v) is 1.20. The topological polar surface area (TPSA) is 60.2 Å². The summed E-state index contributed by atoms with van der Waals surface area (Å²) in [5.41, 5.74) is 5.97. The van der Waals surface area contributed by atoms with Gasteiger partial charge in [-0.15, -0.1) is 0 Å². The first-order chi connectivity index (χ1) is 6.93. The van der Waals surface area contributed by atoms with E-state index in [2.05, 4.69) is 10.3 Å². The Morgan fingerprint density at radius 2 is 2.20 bits per heavy atom. The molecule has 1 heterocycles. The molecule has 0 atom stereocenters. The van der Waals surface area contributed by atoms with E-state index in [0.717, 1.165) is 0 Å². The predicted octanol–water partition coefficient (Wildman–Crippen LogP) is 2.15. The number of halogens is 1. The number of rotatable bonds is 4. The van der Waals surface area contributed by atoms with Gasteiger partial charge >= 0.3 is 0 Å². The van der Waals surface area contributed by atoms with Gasteiger partial charge in [-0.2, -0.15) is 0 Å². The Kier molecular flexibility index (Phi) is 3.77. The van der Waals surface area contributed by atoms with Gasteiger partial charge in [-0.1, -0.05) is 11.6 Å². The van der Waals surface area contributed by atoms with Gasteiger partial charge in [0.1, 0.15) is 11.0 Å². The first-order valence-electron chi connectivity index (χ1n) is 4.65. The van der Waals surface area contributed by atoms with Gasteiger partial charge in [0.05, 0.1) is 5.60 Å². The summed E-state index contributed by atoms with van der Waals surface area (Å²) in [6.07, 6.45) is 0. The summed E-state index contributed by atoms with van der Waals surface area (Å²) >= 11 is 5.77. The number of ether oxygens (including phenoxy) is 1. The molecule has 15 heavy (non-hydrogen) atoms. The van der Waals surface area contributed by atoms with E-state index in [1.807, 2.05) is 13.8 Å². The van der Waals surface area contributed by atoms with Crippen LogP contribution in [0.3, 0.4) is 0 Å². The van der Waals surface area contributed by atoms with E-state index < -0.39 is 0 Å². The number of hydrogen-bond donors (Lipinski definition) is 2. The smallest absolute Gasteiger partial charge is 0.133 e. The van der Waals surface area contributed by atoms with Gasteiger partial charge in [-0.3, -0.25) is 0 Å². The van der Waals surface area contributed by atoms with Crippen molar-refractivity contribution in [2.24, 2.45) is 0 Å². The number of methoxy groups -OCH3 is 1. The monoisotopic (exact) mass is 229 g/mol. The molecule has 1 aromatic rings. The van der Waals surface area contributed by atoms with Crippen LogP contribution in [0.5, 0.6) is 0 Å². The Morgan fingerprint density at radius 1 is 1.53 bits per heavy atom. The van der Waals surface area contributed by atoms with E-state index >= 15 is 0 Å². The Balaban J connectivity index is 2.65. The van der Waals surface area contributed by atoms with Crippen LogP contribution in [0.1, 0.15) is 13.8 Å². The summed E-state index contributed by atoms with van der Waals surface area (Å²) in [5.74, 6) is 0.658. The van der Waals surface area contributed by atoms with Gasteiger partial charge < -0.3 is 15.8 Å². The average Bonchev–Trinajstić information content (AvgIpc) is 2.14. The predicted molar refractivity (Wildman–Crippen MR) is 63.2 cm³/mol. The second-order valence-electron chi connectivity index (χ2n) is 3.93. The normalized spacial score (nSPS) is 11.5. The van der Waals surface area contributed by atoms with Crippen molar-refractivity contribution in [3.63, 3.8) is 0 Å². The molecule has 0 unspecified atom stereocenters. The second-order valence-corrected chi connectivity index (χ2v) is 4.31. The Morgan fingerprint density at radius 3 is 2.73 bits per heavy atom. The molecule has 0 aliphatic carbocycles. The summed E-state index contributed by atoms with van der Waals surface area (Å²) in [6, 6.07) is 3.34. The zero-order valence-electron chi connectivity index (χ0n) is 9.17. The Hall–Kier alpha value is -1.00. The van der Waals surface area contributed by atoms with Crippen LogP contribution in [0.4, 0.5) is 11.5 Å². The van der Waals surface area contributed by atoms with E-state index in [0.29, 0.717) is 23.2 Å². The molecule has 0 fully saturated rings. The molecule has 0 amide bonds. The van der Waals surface area contributed by atoms with Gasteiger partial charge in [0.2, 0.25) is 0 Å². The van der Waals surface area contributed by atoms with Crippen molar-refractivity contribution in [3.05, 3.63) is 17.3 Å². The number of aromatic nitrogens is 1. The van der Waals surface area contributed by atoms with Crippen LogP contribution in [0.25, 0.3) is 0 Å². The van der Waals surface area contributed by atoms with Crippen LogP contribution < -0.4 is 11.1 Å². The standard InChI is InChI=1S/C10H16ClN3O/c1-10(2,15-3)6-13-9-5-7(12)4-8(11)14-9/h4-5H,6H2,1-3H3,(H3,12,13,14). The summed E-state index contributed by atoms with van der Waals surface area (Å²) in [6.45, 7) is 4.60. The van der Waals surface area contributed by atoms with Crippen LogP contribution in [-0.2, 0) is 4.74 Å². The highest BCUT2D eigenvalue weighted by molar-refractivity contribution is 6.29. The van der Waals surface area contributed by atoms with Crippen molar-refractivity contribution in [1.29, 1.82) is 0 Å². The highest BCUT2D eigenvalue weighted by Gasteiger charge is 2.15. The van der Waals surface area contributed by atoms with Gasteiger partial charge in [0.25, 0.3) is 0 Å². The second kappa shape index (κ2) is 4.68. The molecule has 1 rings (SSSR count). The average molecular weight is 230 g/mol. The lowest BCUT2D eigenvalue weighted by Gasteiger charge is -2.23. The minimum atomic E-state index is -0.251. The molecule has 0 saturated carbocycles. The van der Waals surface area contributed by atoms with Crippen LogP contribution in [0.2, 0.25) is 5.15 Å². The number of nitrogens with two attached hydrogens (primary N) is 1. The first kappa shape index (κ1) is 12.1. The lowest BCUT2D eigenvalue weighted by Crippen LogP contribution is -2.32. The summed E-state index contributed by atoms with van der Waals surface area (Å²) < 4.78 is 5.27. The Labute approximate surface area is 94.8 Å². The van der Waals surface area contributed by atoms with Gasteiger partial charge in [0, 0.05) is 25.4 Å². The molecule has 84 valence electrons. The highest BCUT2D eigenvalue weighted by atomic mass is 35.5. The molecule has 0 aliphatic heterocycles. The molecule has 0 bridgehead atoms. The van der Waals surface area contributed by atoms with Crippen molar-refractivity contribution in [1.82, 2.24) is 4.98 Å². The van der Waals surface area contributed by atoms with E-state index in [1.54, 1.807) is 19.2 Å². The summed E-state index contributed by atoms with van der Waals surface area (Å²) in [4.78, 5) is 4.09. The van der Waals surface area contributed by atoms with Crippen molar-refractivity contribution >= 4 is 23.1 Å². The van der Waals surface area contributed by atoms with Crippen LogP contribution in [-0.4, -0.2) is 24.2 Å². The van der Waals surface area contributed by atoms with Crippen molar-refractivity contribution < 1.29 is 4.74 Å². The molecule has 0 saturated heterocycles. The third-order valence-electron chi connectivity index (χ3n) is 2.06. The van der Waals surface area contributed by atoms with E-state index in [9.17, 15) is 0 Å². The molecule has 5 heteroatoms. The van der Waals surface area contributed by atoms with Crippen molar-refractivity contribution in [3.8, 4) is 0 Å². The molecule has 3 N–H and O–H groups in total. The number of nitrogen functional groups attached to an aromatic ring is 1. The van der Waals surface area contributed by atoms with Crippen molar-refractivity contribution in [2.75, 3.05) is 24.7 Å². The molecular weight excluding hydrogens is 214 g/mol. The zero-order chi connectivity index (χ0) is 11.5. The van der Waals surface area contributed by atoms with Crippen LogP contribution >= 0.6 is 11.6 Å². The number of nitrogens with one attached hydrogen (secondary N) is 1. The summed E-state index contributed by atoms with van der Waals surface area (Å²) in [5, 5.41) is 3.50. The molecule has 1 aromatic heterocycles. The minimum absolute atomic E-state index is 0.251. The molecule has 0 spiro atoms. The third-order valence-corrected chi connectivity index (χ3v) is 2.26. The maximum Gasteiger partial charge on any atom is 0.133 e. The first-order valence-corrected chi connectivity index (χ1v) is 5.03. The maximum absolute atomic E-state index is 5.77. The molecule has 0 aliphatic rings. The number of pyridine rings is 1. The van der Waals surface area contributed by atoms with E-state index in [-0.39, 0.29) is 5.60 Å². The van der Waals surface area contributed by atoms with Crippen molar-refractivity contribution in [2.45, 2.75) is 19.4 Å². The number of anilines is 2. The van der Waals surface area contributed by atoms with Gasteiger partial charge in [-0.25, -0.2) is 4.98 Å². The van der Waals surface area contributed by atoms with Gasteiger partial charge in [0.15, 0.2) is 0 Å². The fourth-order valence-electron chi connectivity index (χ4n) is 0.983. The fraction of sp³-hybridized carbons (Fsp3) is 0.500. The molecule has 0 radical (unpaired) electrons. The minimum Gasteiger partial charge on any atom is -0.399 e. The van der Waals surface area contributed by atoms with E-state index in [4.69, 9.17) is 22.1 Å². The zero-order valence-corrected chi connectivity index (χ0v) is 9.93. The highest BCUT2D eigenvalue weighted by Crippen LogP contribution is 2.17. The molecule has 4 nitrogen and oxygen atoms in total. The number of nitrogens with zero attached hydrogens (tertiary/aromatic N) is 1. The lowest BCUT2D eigenvalue weighted by atomic mass is 10.1. The Bertz CT molecular complexity index is 321. The summed E-state index contributed by atoms with van der Waals surface area (Å²) in [7, 11) is 1.67. The molecule has 0 aromatic carbocycles. The largest absolute Gasteiger partial charge is 0.399 e. The number of hydrogen-bond acceptors (Lipinski definition) is 4. The lowest BCUT2D eigenvalue weighted by molar-refractivity contribution is 0.0343. The van der Waals surface area contributed by atoms with E-state index in [1.165, 1.54) is 0 Å². The SMILES string of the molecule is COC(C)(C)CNc1cc(N)cc(Cl)n1. The van der Waals surface area contributed by atoms with Gasteiger partial charge in [-0.05, 0) is 19.9 Å².